The highest BCUT2D eigenvalue weighted by molar-refractivity contribution is 7.26. The molecule has 46 heavy (non-hydrogen) atoms. The maximum Gasteiger partial charge on any atom is 0.0625 e. The number of benzene rings is 8. The van der Waals surface area contributed by atoms with Crippen LogP contribution in [-0.4, -0.2) is 0 Å². The zero-order valence-corrected chi connectivity index (χ0v) is 25.9. The van der Waals surface area contributed by atoms with Crippen molar-refractivity contribution >= 4 is 70.1 Å². The molecule has 9 aromatic rings. The lowest BCUT2D eigenvalue weighted by atomic mass is 9.91. The molecule has 0 aliphatic carbocycles. The molecule has 0 radical (unpaired) electrons. The van der Waals surface area contributed by atoms with Gasteiger partial charge in [-0.3, -0.25) is 0 Å². The molecular weight excluding hydrogens is 575 g/mol. The lowest BCUT2D eigenvalue weighted by Gasteiger charge is -2.30. The predicted molar refractivity (Wildman–Crippen MR) is 200 cm³/mol. The van der Waals surface area contributed by atoms with Crippen LogP contribution in [0, 0.1) is 0 Å². The van der Waals surface area contributed by atoms with Crippen molar-refractivity contribution in [1.82, 2.24) is 0 Å². The second-order valence-electron chi connectivity index (χ2n) is 11.7. The van der Waals surface area contributed by atoms with Gasteiger partial charge in [0.1, 0.15) is 0 Å². The van der Waals surface area contributed by atoms with Crippen LogP contribution in [0.4, 0.5) is 17.1 Å². The first-order valence-electron chi connectivity index (χ1n) is 15.7. The van der Waals surface area contributed by atoms with E-state index < -0.39 is 0 Å². The van der Waals surface area contributed by atoms with Gasteiger partial charge in [-0.1, -0.05) is 146 Å². The summed E-state index contributed by atoms with van der Waals surface area (Å²) in [5.41, 5.74) is 8.34. The van der Waals surface area contributed by atoms with E-state index in [4.69, 9.17) is 0 Å². The second-order valence-corrected chi connectivity index (χ2v) is 12.8. The molecule has 0 amide bonds. The summed E-state index contributed by atoms with van der Waals surface area (Å²) in [7, 11) is 0. The van der Waals surface area contributed by atoms with Gasteiger partial charge in [-0.25, -0.2) is 0 Å². The fourth-order valence-corrected chi connectivity index (χ4v) is 8.15. The Balaban J connectivity index is 1.42. The van der Waals surface area contributed by atoms with Crippen LogP contribution in [0.15, 0.2) is 176 Å². The monoisotopic (exact) mass is 603 g/mol. The van der Waals surface area contributed by atoms with E-state index in [0.29, 0.717) is 0 Å². The minimum absolute atomic E-state index is 1.12. The molecule has 9 rings (SSSR count). The fourth-order valence-electron chi connectivity index (χ4n) is 6.90. The average Bonchev–Trinajstić information content (AvgIpc) is 3.52. The quantitative estimate of drug-likeness (QED) is 0.189. The van der Waals surface area contributed by atoms with Gasteiger partial charge in [0.05, 0.1) is 5.69 Å². The van der Waals surface area contributed by atoms with Gasteiger partial charge >= 0.3 is 0 Å². The molecule has 1 nitrogen and oxygen atoms in total. The highest BCUT2D eigenvalue weighted by atomic mass is 32.1. The molecule has 0 unspecified atom stereocenters. The number of thiophene rings is 1. The summed E-state index contributed by atoms with van der Waals surface area (Å²) in [5.74, 6) is 0. The fraction of sp³-hybridized carbons (Fsp3) is 0. The van der Waals surface area contributed by atoms with Gasteiger partial charge in [0.2, 0.25) is 0 Å². The third kappa shape index (κ3) is 4.38. The van der Waals surface area contributed by atoms with Crippen molar-refractivity contribution in [2.24, 2.45) is 0 Å². The Morgan fingerprint density at radius 3 is 1.72 bits per heavy atom. The second kappa shape index (κ2) is 11.0. The molecule has 0 bridgehead atoms. The van der Waals surface area contributed by atoms with Gasteiger partial charge in [-0.05, 0) is 57.8 Å². The smallest absolute Gasteiger partial charge is 0.0625 e. The molecule has 0 N–H and O–H groups in total. The minimum Gasteiger partial charge on any atom is -0.309 e. The number of anilines is 3. The lowest BCUT2D eigenvalue weighted by molar-refractivity contribution is 1.31. The summed E-state index contributed by atoms with van der Waals surface area (Å²) in [4.78, 5) is 2.48. The molecule has 0 saturated carbocycles. The van der Waals surface area contributed by atoms with E-state index >= 15 is 0 Å². The summed E-state index contributed by atoms with van der Waals surface area (Å²) in [6.45, 7) is 0. The third-order valence-corrected chi connectivity index (χ3v) is 10.2. The van der Waals surface area contributed by atoms with Crippen LogP contribution in [0.5, 0.6) is 0 Å². The highest BCUT2D eigenvalue weighted by Crippen LogP contribution is 2.53. The topological polar surface area (TPSA) is 3.24 Å². The van der Waals surface area contributed by atoms with E-state index in [1.54, 1.807) is 0 Å². The Bertz CT molecular complexity index is 2510. The molecular formula is C44H29NS. The Morgan fingerprint density at radius 1 is 0.391 bits per heavy atom. The van der Waals surface area contributed by atoms with Gasteiger partial charge in [0.25, 0.3) is 0 Å². The van der Waals surface area contributed by atoms with Crippen molar-refractivity contribution in [3.63, 3.8) is 0 Å². The maximum atomic E-state index is 2.48. The molecule has 0 aliphatic rings. The first-order valence-corrected chi connectivity index (χ1v) is 16.5. The van der Waals surface area contributed by atoms with Crippen LogP contribution in [0.3, 0.4) is 0 Å². The van der Waals surface area contributed by atoms with E-state index in [9.17, 15) is 0 Å². The van der Waals surface area contributed by atoms with E-state index in [0.717, 1.165) is 11.4 Å². The van der Waals surface area contributed by atoms with Crippen molar-refractivity contribution in [3.05, 3.63) is 176 Å². The van der Waals surface area contributed by atoms with E-state index in [1.807, 2.05) is 11.3 Å². The van der Waals surface area contributed by atoms with Crippen molar-refractivity contribution in [3.8, 4) is 22.3 Å². The van der Waals surface area contributed by atoms with Crippen molar-refractivity contribution in [2.45, 2.75) is 0 Å². The van der Waals surface area contributed by atoms with Gasteiger partial charge in [-0.2, -0.15) is 0 Å². The van der Waals surface area contributed by atoms with Crippen LogP contribution in [0.1, 0.15) is 0 Å². The lowest BCUT2D eigenvalue weighted by Crippen LogP contribution is -2.12. The molecule has 2 heteroatoms. The van der Waals surface area contributed by atoms with E-state index in [2.05, 4.69) is 181 Å². The molecule has 0 fully saturated rings. The summed E-state index contributed by atoms with van der Waals surface area (Å²) >= 11 is 1.89. The van der Waals surface area contributed by atoms with E-state index in [1.165, 1.54) is 69.7 Å². The zero-order valence-electron chi connectivity index (χ0n) is 25.1. The largest absolute Gasteiger partial charge is 0.309 e. The average molecular weight is 604 g/mol. The number of nitrogens with zero attached hydrogens (tertiary/aromatic N) is 1. The number of fused-ring (bicyclic) bond motifs is 6. The SMILES string of the molecule is c1ccc(-c2ccc(N(c3ccc4ccccc4c3)c3c(-c4ccccc4)c4c5ccccc5sc4c4ccccc34)cc2)cc1. The van der Waals surface area contributed by atoms with Crippen LogP contribution < -0.4 is 4.90 Å². The van der Waals surface area contributed by atoms with Gasteiger partial charge < -0.3 is 4.90 Å². The Morgan fingerprint density at radius 2 is 0.957 bits per heavy atom. The molecule has 1 aromatic heterocycles. The van der Waals surface area contributed by atoms with E-state index in [-0.39, 0.29) is 0 Å². The van der Waals surface area contributed by atoms with Crippen LogP contribution in [-0.2, 0) is 0 Å². The van der Waals surface area contributed by atoms with Crippen LogP contribution in [0.2, 0.25) is 0 Å². The molecule has 216 valence electrons. The first kappa shape index (κ1) is 26.7. The Kier molecular flexibility index (Phi) is 6.40. The van der Waals surface area contributed by atoms with Crippen molar-refractivity contribution < 1.29 is 0 Å². The molecule has 0 saturated heterocycles. The molecule has 0 spiro atoms. The summed E-state index contributed by atoms with van der Waals surface area (Å²) in [5, 5.41) is 7.58. The van der Waals surface area contributed by atoms with Crippen LogP contribution >= 0.6 is 11.3 Å². The Labute approximate surface area is 272 Å². The van der Waals surface area contributed by atoms with Gasteiger partial charge in [-0.15, -0.1) is 11.3 Å². The molecule has 0 atom stereocenters. The summed E-state index contributed by atoms with van der Waals surface area (Å²) < 4.78 is 2.64. The number of hydrogen-bond acceptors (Lipinski definition) is 2. The number of hydrogen-bond donors (Lipinski definition) is 0. The maximum absolute atomic E-state index is 2.48. The number of rotatable bonds is 5. The Hall–Kier alpha value is -5.70. The normalized spacial score (nSPS) is 11.5. The third-order valence-electron chi connectivity index (χ3n) is 9.02. The van der Waals surface area contributed by atoms with Crippen LogP contribution in [0.25, 0.3) is 64.0 Å². The summed E-state index contributed by atoms with van der Waals surface area (Å²) in [6.07, 6.45) is 0. The molecule has 1 heterocycles. The van der Waals surface area contributed by atoms with Crippen molar-refractivity contribution in [2.75, 3.05) is 4.90 Å². The van der Waals surface area contributed by atoms with Gasteiger partial charge in [0, 0.05) is 47.9 Å². The molecule has 0 aliphatic heterocycles. The molecule has 8 aromatic carbocycles. The van der Waals surface area contributed by atoms with Gasteiger partial charge in [0.15, 0.2) is 0 Å². The minimum atomic E-state index is 1.12. The summed E-state index contributed by atoms with van der Waals surface area (Å²) in [6, 6.07) is 63.9. The highest BCUT2D eigenvalue weighted by Gasteiger charge is 2.25. The zero-order chi connectivity index (χ0) is 30.5. The van der Waals surface area contributed by atoms with Crippen molar-refractivity contribution in [1.29, 1.82) is 0 Å². The standard InChI is InChI=1S/C44H29NS/c1-3-13-30(14-4-1)32-23-26-35(27-24-32)45(36-28-25-31-15-7-8-18-34(31)29-36)43-37-19-9-10-20-38(37)44-42(39-21-11-12-22-40(39)46-44)41(43)33-16-5-2-6-17-33/h1-29H. The first-order chi connectivity index (χ1) is 22.8. The predicted octanol–water partition coefficient (Wildman–Crippen LogP) is 13.2.